The number of para-hydroxylation sites is 1. The van der Waals surface area contributed by atoms with E-state index in [0.29, 0.717) is 13.1 Å². The van der Waals surface area contributed by atoms with Crippen LogP contribution in [0.4, 0.5) is 10.5 Å². The molecule has 3 rings (SSSR count). The molecule has 0 radical (unpaired) electrons. The summed E-state index contributed by atoms with van der Waals surface area (Å²) in [5.74, 6) is 0.368. The highest BCUT2D eigenvalue weighted by Crippen LogP contribution is 2.30. The second kappa shape index (κ2) is 6.20. The Kier molecular flexibility index (Phi) is 4.29. The number of amides is 3. The maximum absolute atomic E-state index is 12.3. The standard InChI is InChI=1S/C16H21N3O2S/c1-10-4-3-5-13(22-2)14(10)18-16(21)19-8-12(9-19)17-15(20)11-6-7-11/h3-5,11-12H,6-9H2,1-2H3,(H,17,20)(H,18,21). The fourth-order valence-electron chi connectivity index (χ4n) is 2.56. The molecule has 5 nitrogen and oxygen atoms in total. The van der Waals surface area contributed by atoms with E-state index in [1.165, 1.54) is 0 Å². The van der Waals surface area contributed by atoms with Crippen LogP contribution in [0.1, 0.15) is 18.4 Å². The number of hydrogen-bond acceptors (Lipinski definition) is 3. The van der Waals surface area contributed by atoms with Crippen LogP contribution in [0.2, 0.25) is 0 Å². The van der Waals surface area contributed by atoms with Crippen LogP contribution < -0.4 is 10.6 Å². The number of carbonyl (C=O) groups excluding carboxylic acids is 2. The van der Waals surface area contributed by atoms with Crippen molar-refractivity contribution in [1.82, 2.24) is 10.2 Å². The SMILES string of the molecule is CSc1cccc(C)c1NC(=O)N1CC(NC(=O)C2CC2)C1. The summed E-state index contributed by atoms with van der Waals surface area (Å²) < 4.78 is 0. The number of likely N-dealkylation sites (tertiary alicyclic amines) is 1. The van der Waals surface area contributed by atoms with Crippen LogP contribution in [0.25, 0.3) is 0 Å². The third-order valence-corrected chi connectivity index (χ3v) is 4.93. The van der Waals surface area contributed by atoms with Gasteiger partial charge < -0.3 is 15.5 Å². The molecule has 1 heterocycles. The van der Waals surface area contributed by atoms with Crippen molar-refractivity contribution >= 4 is 29.4 Å². The van der Waals surface area contributed by atoms with Crippen LogP contribution in [0, 0.1) is 12.8 Å². The van der Waals surface area contributed by atoms with Gasteiger partial charge in [0.2, 0.25) is 5.91 Å². The number of nitrogens with one attached hydrogen (secondary N) is 2. The highest BCUT2D eigenvalue weighted by Gasteiger charge is 2.36. The van der Waals surface area contributed by atoms with Gasteiger partial charge in [-0.05, 0) is 37.7 Å². The summed E-state index contributed by atoms with van der Waals surface area (Å²) in [7, 11) is 0. The lowest BCUT2D eigenvalue weighted by atomic mass is 10.1. The van der Waals surface area contributed by atoms with Gasteiger partial charge in [-0.25, -0.2) is 4.79 Å². The van der Waals surface area contributed by atoms with Crippen LogP contribution >= 0.6 is 11.8 Å². The maximum Gasteiger partial charge on any atom is 0.322 e. The van der Waals surface area contributed by atoms with Gasteiger partial charge in [0.15, 0.2) is 0 Å². The zero-order chi connectivity index (χ0) is 15.7. The third-order valence-electron chi connectivity index (χ3n) is 4.15. The molecule has 1 saturated carbocycles. The molecule has 1 aliphatic carbocycles. The summed E-state index contributed by atoms with van der Waals surface area (Å²) in [6.07, 6.45) is 4.01. The average Bonchev–Trinajstić information content (AvgIpc) is 3.28. The number of nitrogens with zero attached hydrogens (tertiary/aromatic N) is 1. The number of carbonyl (C=O) groups is 2. The summed E-state index contributed by atoms with van der Waals surface area (Å²) >= 11 is 1.62. The Labute approximate surface area is 134 Å². The number of anilines is 1. The number of thioether (sulfide) groups is 1. The molecular formula is C16H21N3O2S. The summed E-state index contributed by atoms with van der Waals surface area (Å²) in [6, 6.07) is 5.99. The molecule has 2 N–H and O–H groups in total. The van der Waals surface area contributed by atoms with Crippen molar-refractivity contribution in [1.29, 1.82) is 0 Å². The largest absolute Gasteiger partial charge is 0.350 e. The number of aryl methyl sites for hydroxylation is 1. The van der Waals surface area contributed by atoms with E-state index in [2.05, 4.69) is 10.6 Å². The highest BCUT2D eigenvalue weighted by atomic mass is 32.2. The second-order valence-corrected chi connectivity index (χ2v) is 6.82. The zero-order valence-corrected chi connectivity index (χ0v) is 13.7. The van der Waals surface area contributed by atoms with Gasteiger partial charge in [-0.15, -0.1) is 11.8 Å². The molecule has 1 aromatic carbocycles. The number of benzene rings is 1. The summed E-state index contributed by atoms with van der Waals surface area (Å²) in [5.41, 5.74) is 1.93. The third kappa shape index (κ3) is 3.21. The van der Waals surface area contributed by atoms with Gasteiger partial charge in [-0.1, -0.05) is 12.1 Å². The summed E-state index contributed by atoms with van der Waals surface area (Å²) in [6.45, 7) is 3.17. The summed E-state index contributed by atoms with van der Waals surface area (Å²) in [4.78, 5) is 26.7. The number of hydrogen-bond donors (Lipinski definition) is 2. The predicted molar refractivity (Wildman–Crippen MR) is 88.2 cm³/mol. The second-order valence-electron chi connectivity index (χ2n) is 5.97. The molecule has 1 aromatic rings. The highest BCUT2D eigenvalue weighted by molar-refractivity contribution is 7.98. The first kappa shape index (κ1) is 15.2. The van der Waals surface area contributed by atoms with Crippen molar-refractivity contribution in [2.24, 2.45) is 5.92 Å². The Morgan fingerprint density at radius 3 is 2.64 bits per heavy atom. The van der Waals surface area contributed by atoms with E-state index in [1.54, 1.807) is 16.7 Å². The molecule has 1 saturated heterocycles. The first-order chi connectivity index (χ1) is 10.6. The molecule has 0 spiro atoms. The van der Waals surface area contributed by atoms with Crippen molar-refractivity contribution in [3.05, 3.63) is 23.8 Å². The average molecular weight is 319 g/mol. The lowest BCUT2D eigenvalue weighted by molar-refractivity contribution is -0.123. The fraction of sp³-hybridized carbons (Fsp3) is 0.500. The van der Waals surface area contributed by atoms with Crippen molar-refractivity contribution in [3.8, 4) is 0 Å². The van der Waals surface area contributed by atoms with E-state index < -0.39 is 0 Å². The molecule has 1 aliphatic heterocycles. The van der Waals surface area contributed by atoms with Crippen LogP contribution in [0.5, 0.6) is 0 Å². The quantitative estimate of drug-likeness (QED) is 0.838. The van der Waals surface area contributed by atoms with Crippen molar-refractivity contribution < 1.29 is 9.59 Å². The molecule has 0 atom stereocenters. The molecule has 0 bridgehead atoms. The van der Waals surface area contributed by atoms with Crippen LogP contribution in [0.3, 0.4) is 0 Å². The van der Waals surface area contributed by atoms with Crippen molar-refractivity contribution in [3.63, 3.8) is 0 Å². The Bertz CT molecular complexity index is 595. The van der Waals surface area contributed by atoms with Crippen LogP contribution in [-0.4, -0.2) is 42.2 Å². The van der Waals surface area contributed by atoms with Crippen LogP contribution in [-0.2, 0) is 4.79 Å². The Balaban J connectivity index is 1.52. The normalized spacial score (nSPS) is 17.8. The molecule has 0 aromatic heterocycles. The first-order valence-corrected chi connectivity index (χ1v) is 8.81. The van der Waals surface area contributed by atoms with Gasteiger partial charge >= 0.3 is 6.03 Å². The van der Waals surface area contributed by atoms with E-state index in [-0.39, 0.29) is 23.9 Å². The number of rotatable bonds is 4. The smallest absolute Gasteiger partial charge is 0.322 e. The molecule has 2 fully saturated rings. The predicted octanol–water partition coefficient (Wildman–Crippen LogP) is 2.46. The topological polar surface area (TPSA) is 61.4 Å². The summed E-state index contributed by atoms with van der Waals surface area (Å²) in [5, 5.41) is 5.99. The van der Waals surface area contributed by atoms with Gasteiger partial charge in [0.1, 0.15) is 0 Å². The van der Waals surface area contributed by atoms with E-state index in [1.807, 2.05) is 31.4 Å². The molecule has 3 amide bonds. The molecule has 6 heteroatoms. The van der Waals surface area contributed by atoms with Gasteiger partial charge in [0, 0.05) is 23.9 Å². The Morgan fingerprint density at radius 2 is 2.00 bits per heavy atom. The molecule has 2 aliphatic rings. The molecule has 0 unspecified atom stereocenters. The molecule has 22 heavy (non-hydrogen) atoms. The monoisotopic (exact) mass is 319 g/mol. The lowest BCUT2D eigenvalue weighted by Gasteiger charge is -2.39. The van der Waals surface area contributed by atoms with Gasteiger partial charge in [0.05, 0.1) is 11.7 Å². The minimum atomic E-state index is -0.0958. The zero-order valence-electron chi connectivity index (χ0n) is 12.9. The first-order valence-electron chi connectivity index (χ1n) is 7.58. The van der Waals surface area contributed by atoms with Gasteiger partial charge in [0.25, 0.3) is 0 Å². The Hall–Kier alpha value is -1.69. The Morgan fingerprint density at radius 1 is 1.27 bits per heavy atom. The lowest BCUT2D eigenvalue weighted by Crippen LogP contribution is -2.62. The van der Waals surface area contributed by atoms with E-state index in [0.717, 1.165) is 29.0 Å². The number of urea groups is 1. The minimum Gasteiger partial charge on any atom is -0.350 e. The maximum atomic E-state index is 12.3. The van der Waals surface area contributed by atoms with Crippen LogP contribution in [0.15, 0.2) is 23.1 Å². The van der Waals surface area contributed by atoms with Crippen molar-refractivity contribution in [2.75, 3.05) is 24.7 Å². The van der Waals surface area contributed by atoms with E-state index in [4.69, 9.17) is 0 Å². The fourth-order valence-corrected chi connectivity index (χ4v) is 3.19. The van der Waals surface area contributed by atoms with Crippen molar-refractivity contribution in [2.45, 2.75) is 30.7 Å². The minimum absolute atomic E-state index is 0.0958. The van der Waals surface area contributed by atoms with E-state index in [9.17, 15) is 9.59 Å². The molecular weight excluding hydrogens is 298 g/mol. The van der Waals surface area contributed by atoms with E-state index >= 15 is 0 Å². The van der Waals surface area contributed by atoms with Gasteiger partial charge in [-0.2, -0.15) is 0 Å². The van der Waals surface area contributed by atoms with Gasteiger partial charge in [-0.3, -0.25) is 4.79 Å². The molecule has 118 valence electrons.